The molecule has 1 unspecified atom stereocenters. The fourth-order valence-electron chi connectivity index (χ4n) is 1.40. The van der Waals surface area contributed by atoms with E-state index in [2.05, 4.69) is 14.9 Å². The van der Waals surface area contributed by atoms with Gasteiger partial charge in [-0.05, 0) is 11.5 Å². The number of nitrogens with one attached hydrogen (secondary N) is 1. The number of ether oxygens (including phenoxy) is 1. The lowest BCUT2D eigenvalue weighted by Crippen LogP contribution is -2.44. The summed E-state index contributed by atoms with van der Waals surface area (Å²) in [5.74, 6) is -1.64. The fraction of sp³-hybridized carbons (Fsp3) is 0.636. The molecule has 0 saturated carbocycles. The number of aliphatic carboxylic acids is 1. The zero-order valence-electron chi connectivity index (χ0n) is 11.3. The molecule has 8 heteroatoms. The van der Waals surface area contributed by atoms with E-state index in [-0.39, 0.29) is 12.0 Å². The first-order chi connectivity index (χ1) is 8.77. The quantitative estimate of drug-likeness (QED) is 0.825. The second-order valence-corrected chi connectivity index (χ2v) is 5.77. The number of aromatic nitrogens is 2. The van der Waals surface area contributed by atoms with Crippen molar-refractivity contribution in [3.63, 3.8) is 0 Å². The first-order valence-electron chi connectivity index (χ1n) is 5.62. The first kappa shape index (κ1) is 15.5. The Morgan fingerprint density at radius 1 is 1.47 bits per heavy atom. The molecule has 0 aromatic carbocycles. The van der Waals surface area contributed by atoms with Crippen LogP contribution in [0.2, 0.25) is 0 Å². The molecule has 0 spiro atoms. The number of carbonyl (C=O) groups excluding carboxylic acids is 1. The van der Waals surface area contributed by atoms with Crippen molar-refractivity contribution in [1.82, 2.24) is 14.9 Å². The summed E-state index contributed by atoms with van der Waals surface area (Å²) in [5.41, 5.74) is 0.219. The van der Waals surface area contributed by atoms with Gasteiger partial charge in [0.15, 0.2) is 6.04 Å². The van der Waals surface area contributed by atoms with E-state index >= 15 is 0 Å². The molecule has 0 aliphatic carbocycles. The number of carbonyl (C=O) groups is 2. The van der Waals surface area contributed by atoms with Gasteiger partial charge in [0.05, 0.1) is 12.3 Å². The Morgan fingerprint density at radius 3 is 2.58 bits per heavy atom. The Labute approximate surface area is 115 Å². The van der Waals surface area contributed by atoms with Gasteiger partial charge in [-0.2, -0.15) is 0 Å². The number of carboxylic acid groups (broad SMARTS) is 1. The van der Waals surface area contributed by atoms with Gasteiger partial charge >= 0.3 is 5.97 Å². The summed E-state index contributed by atoms with van der Waals surface area (Å²) in [4.78, 5) is 23.3. The number of carboxylic acids is 1. The van der Waals surface area contributed by atoms with E-state index in [4.69, 9.17) is 9.84 Å². The van der Waals surface area contributed by atoms with Crippen LogP contribution in [0.15, 0.2) is 0 Å². The van der Waals surface area contributed by atoms with Crippen LogP contribution in [0, 0.1) is 0 Å². The summed E-state index contributed by atoms with van der Waals surface area (Å²) >= 11 is 0.949. The molecule has 1 aromatic heterocycles. The van der Waals surface area contributed by atoms with E-state index in [1.54, 1.807) is 0 Å². The van der Waals surface area contributed by atoms with Crippen molar-refractivity contribution < 1.29 is 19.4 Å². The van der Waals surface area contributed by atoms with Crippen molar-refractivity contribution in [2.24, 2.45) is 0 Å². The van der Waals surface area contributed by atoms with E-state index in [1.807, 2.05) is 20.8 Å². The molecule has 19 heavy (non-hydrogen) atoms. The van der Waals surface area contributed by atoms with Crippen molar-refractivity contribution in [2.45, 2.75) is 32.2 Å². The van der Waals surface area contributed by atoms with E-state index in [1.165, 1.54) is 7.11 Å². The zero-order valence-corrected chi connectivity index (χ0v) is 12.1. The molecule has 1 heterocycles. The van der Waals surface area contributed by atoms with Gasteiger partial charge in [0.2, 0.25) is 0 Å². The van der Waals surface area contributed by atoms with Crippen LogP contribution < -0.4 is 5.32 Å². The van der Waals surface area contributed by atoms with Crippen molar-refractivity contribution in [1.29, 1.82) is 0 Å². The van der Waals surface area contributed by atoms with E-state index < -0.39 is 17.9 Å². The Balaban J connectivity index is 2.89. The molecule has 1 rings (SSSR count). The monoisotopic (exact) mass is 287 g/mol. The third kappa shape index (κ3) is 3.97. The molecule has 0 bridgehead atoms. The standard InChI is InChI=1S/C11H17N3O4S/c1-11(2,3)8-7(19-14-13-8)9(15)12-6(5-18-4)10(16)17/h6H,5H2,1-4H3,(H,12,15)(H,16,17). The first-order valence-corrected chi connectivity index (χ1v) is 6.40. The Hall–Kier alpha value is -1.54. The molecule has 0 aliphatic rings. The van der Waals surface area contributed by atoms with Crippen LogP contribution in [-0.4, -0.2) is 46.3 Å². The minimum Gasteiger partial charge on any atom is -0.480 e. The summed E-state index contributed by atoms with van der Waals surface area (Å²) in [6.45, 7) is 5.62. The highest BCUT2D eigenvalue weighted by Crippen LogP contribution is 2.25. The molecule has 106 valence electrons. The summed E-state index contributed by atoms with van der Waals surface area (Å²) in [7, 11) is 1.37. The normalized spacial score (nSPS) is 13.1. The molecule has 0 fully saturated rings. The van der Waals surface area contributed by atoms with E-state index in [0.717, 1.165) is 11.5 Å². The molecule has 1 amide bonds. The summed E-state index contributed by atoms with van der Waals surface area (Å²) < 4.78 is 8.52. The van der Waals surface area contributed by atoms with Gasteiger partial charge in [0.25, 0.3) is 5.91 Å². The molecular weight excluding hydrogens is 270 g/mol. The highest BCUT2D eigenvalue weighted by Gasteiger charge is 2.28. The van der Waals surface area contributed by atoms with Gasteiger partial charge in [0.1, 0.15) is 4.88 Å². The third-order valence-corrected chi connectivity index (χ3v) is 3.07. The number of rotatable bonds is 5. The maximum atomic E-state index is 12.1. The van der Waals surface area contributed by atoms with Crippen molar-refractivity contribution >= 4 is 23.4 Å². The predicted octanol–water partition coefficient (Wildman–Crippen LogP) is 0.665. The minimum absolute atomic E-state index is 0.0991. The summed E-state index contributed by atoms with van der Waals surface area (Å²) in [6, 6.07) is -1.09. The van der Waals surface area contributed by atoms with Crippen LogP contribution in [-0.2, 0) is 14.9 Å². The zero-order chi connectivity index (χ0) is 14.6. The van der Waals surface area contributed by atoms with E-state index in [0.29, 0.717) is 10.6 Å². The number of nitrogens with zero attached hydrogens (tertiary/aromatic N) is 2. The van der Waals surface area contributed by atoms with E-state index in [9.17, 15) is 9.59 Å². The largest absolute Gasteiger partial charge is 0.480 e. The van der Waals surface area contributed by atoms with Gasteiger partial charge in [-0.15, -0.1) is 5.10 Å². The minimum atomic E-state index is -1.15. The van der Waals surface area contributed by atoms with Gasteiger partial charge in [0, 0.05) is 12.5 Å². The van der Waals surface area contributed by atoms with Gasteiger partial charge in [-0.3, -0.25) is 4.79 Å². The van der Waals surface area contributed by atoms with Gasteiger partial charge in [-0.1, -0.05) is 25.3 Å². The highest BCUT2D eigenvalue weighted by atomic mass is 32.1. The number of hydrogen-bond acceptors (Lipinski definition) is 6. The number of hydrogen-bond donors (Lipinski definition) is 2. The van der Waals surface area contributed by atoms with Crippen LogP contribution in [0.3, 0.4) is 0 Å². The van der Waals surface area contributed by atoms with Crippen molar-refractivity contribution in [3.8, 4) is 0 Å². The molecule has 1 aromatic rings. The third-order valence-electron chi connectivity index (χ3n) is 2.34. The van der Waals surface area contributed by atoms with Crippen LogP contribution in [0.4, 0.5) is 0 Å². The lowest BCUT2D eigenvalue weighted by Gasteiger charge is -2.17. The predicted molar refractivity (Wildman–Crippen MR) is 69.4 cm³/mol. The average Bonchev–Trinajstić information content (AvgIpc) is 2.76. The topological polar surface area (TPSA) is 101 Å². The van der Waals surface area contributed by atoms with Gasteiger partial charge in [-0.25, -0.2) is 4.79 Å². The molecular formula is C11H17N3O4S. The Kier molecular flexibility index (Phi) is 4.96. The van der Waals surface area contributed by atoms with Crippen molar-refractivity contribution in [2.75, 3.05) is 13.7 Å². The summed E-state index contributed by atoms with van der Waals surface area (Å²) in [5, 5.41) is 15.3. The Morgan fingerprint density at radius 2 is 2.11 bits per heavy atom. The SMILES string of the molecule is COCC(NC(=O)c1snnc1C(C)(C)C)C(=O)O. The average molecular weight is 287 g/mol. The molecule has 0 aliphatic heterocycles. The molecule has 0 radical (unpaired) electrons. The molecule has 2 N–H and O–H groups in total. The van der Waals surface area contributed by atoms with Gasteiger partial charge < -0.3 is 15.2 Å². The highest BCUT2D eigenvalue weighted by molar-refractivity contribution is 7.08. The number of methoxy groups -OCH3 is 1. The van der Waals surface area contributed by atoms with Crippen LogP contribution in [0.5, 0.6) is 0 Å². The second-order valence-electron chi connectivity index (χ2n) is 5.02. The number of amides is 1. The Bertz CT molecular complexity index is 467. The fourth-order valence-corrected chi connectivity index (χ4v) is 2.17. The lowest BCUT2D eigenvalue weighted by molar-refractivity contribution is -0.140. The smallest absolute Gasteiger partial charge is 0.328 e. The molecule has 1 atom stereocenters. The lowest BCUT2D eigenvalue weighted by atomic mass is 9.91. The van der Waals surface area contributed by atoms with Crippen molar-refractivity contribution in [3.05, 3.63) is 10.6 Å². The molecule has 7 nitrogen and oxygen atoms in total. The maximum Gasteiger partial charge on any atom is 0.328 e. The summed E-state index contributed by atoms with van der Waals surface area (Å²) in [6.07, 6.45) is 0. The maximum absolute atomic E-state index is 12.1. The van der Waals surface area contributed by atoms with Crippen LogP contribution >= 0.6 is 11.5 Å². The van der Waals surface area contributed by atoms with Crippen LogP contribution in [0.25, 0.3) is 0 Å². The van der Waals surface area contributed by atoms with Crippen LogP contribution in [0.1, 0.15) is 36.1 Å². The second kappa shape index (κ2) is 6.07. The molecule has 0 saturated heterocycles.